The van der Waals surface area contributed by atoms with Gasteiger partial charge in [0.05, 0.1) is 13.2 Å². The summed E-state index contributed by atoms with van der Waals surface area (Å²) >= 11 is 0. The lowest BCUT2D eigenvalue weighted by Crippen LogP contribution is -2.26. The molecule has 30 heavy (non-hydrogen) atoms. The average molecular weight is 416 g/mol. The van der Waals surface area contributed by atoms with E-state index in [9.17, 15) is 9.18 Å². The highest BCUT2D eigenvalue weighted by molar-refractivity contribution is 5.76. The van der Waals surface area contributed by atoms with Crippen molar-refractivity contribution in [2.45, 2.75) is 52.6 Å². The maximum absolute atomic E-state index is 14.8. The Kier molecular flexibility index (Phi) is 7.24. The summed E-state index contributed by atoms with van der Waals surface area (Å²) in [6.07, 6.45) is 2.59. The molecule has 0 amide bonds. The maximum Gasteiger partial charge on any atom is 0.255 e. The van der Waals surface area contributed by atoms with Gasteiger partial charge in [-0.15, -0.1) is 0 Å². The van der Waals surface area contributed by atoms with Gasteiger partial charge < -0.3 is 19.2 Å². The van der Waals surface area contributed by atoms with Crippen molar-refractivity contribution in [1.82, 2.24) is 9.97 Å². The predicted octanol–water partition coefficient (Wildman–Crippen LogP) is 4.39. The van der Waals surface area contributed by atoms with Gasteiger partial charge in [-0.1, -0.05) is 32.9 Å². The normalized spacial score (nSPS) is 17.3. The van der Waals surface area contributed by atoms with Gasteiger partial charge in [-0.3, -0.25) is 0 Å². The van der Waals surface area contributed by atoms with Gasteiger partial charge in [0.1, 0.15) is 24.0 Å². The fourth-order valence-electron chi connectivity index (χ4n) is 3.54. The van der Waals surface area contributed by atoms with Crippen LogP contribution in [0, 0.1) is 11.7 Å². The number of Topliss-reactive ketones (excluding diaryl/α,β-unsaturated/α-hetero) is 1. The molecule has 6 nitrogen and oxygen atoms in total. The fraction of sp³-hybridized carbons (Fsp3) is 0.522. The van der Waals surface area contributed by atoms with Gasteiger partial charge in [0.15, 0.2) is 5.82 Å². The molecule has 1 saturated heterocycles. The van der Waals surface area contributed by atoms with Crippen LogP contribution in [-0.4, -0.2) is 41.6 Å². The number of ketones is 1. The fourth-order valence-corrected chi connectivity index (χ4v) is 3.54. The molecular formula is C23H30FN3O3. The number of hydrogen-bond acceptors (Lipinski definition) is 6. The Labute approximate surface area is 177 Å². The number of carbonyl (C=O) groups is 1. The molecule has 0 N–H and O–H groups in total. The van der Waals surface area contributed by atoms with E-state index in [1.165, 1.54) is 6.33 Å². The Balaban J connectivity index is 1.59. The zero-order valence-electron chi connectivity index (χ0n) is 18.1. The molecule has 0 saturated carbocycles. The number of ether oxygens (including phenoxy) is 2. The largest absolute Gasteiger partial charge is 0.489 e. The van der Waals surface area contributed by atoms with Crippen LogP contribution in [0.25, 0.3) is 0 Å². The molecule has 0 unspecified atom stereocenters. The van der Waals surface area contributed by atoms with Gasteiger partial charge in [-0.05, 0) is 36.5 Å². The summed E-state index contributed by atoms with van der Waals surface area (Å²) < 4.78 is 26.3. The highest BCUT2D eigenvalue weighted by Crippen LogP contribution is 2.28. The number of nitrogens with zero attached hydrogens (tertiary/aromatic N) is 3. The summed E-state index contributed by atoms with van der Waals surface area (Å²) in [6, 6.07) is 7.85. The lowest BCUT2D eigenvalue weighted by atomic mass is 9.96. The minimum atomic E-state index is -0.525. The molecule has 1 aliphatic rings. The highest BCUT2D eigenvalue weighted by atomic mass is 19.1. The lowest BCUT2D eigenvalue weighted by Gasteiger charge is -2.19. The second kappa shape index (κ2) is 9.87. The first-order chi connectivity index (χ1) is 14.3. The van der Waals surface area contributed by atoms with Crippen LogP contribution in [0.5, 0.6) is 11.6 Å². The van der Waals surface area contributed by atoms with E-state index < -0.39 is 5.82 Å². The molecule has 2 heterocycles. The molecule has 7 heteroatoms. The van der Waals surface area contributed by atoms with Gasteiger partial charge in [-0.2, -0.15) is 9.37 Å². The van der Waals surface area contributed by atoms with Gasteiger partial charge >= 0.3 is 0 Å². The van der Waals surface area contributed by atoms with Crippen LogP contribution in [0.15, 0.2) is 30.6 Å². The predicted molar refractivity (Wildman–Crippen MR) is 114 cm³/mol. The average Bonchev–Trinajstić information content (AvgIpc) is 3.15. The van der Waals surface area contributed by atoms with Crippen molar-refractivity contribution in [3.8, 4) is 11.6 Å². The third-order valence-electron chi connectivity index (χ3n) is 5.08. The van der Waals surface area contributed by atoms with Crippen LogP contribution in [0.3, 0.4) is 0 Å². The number of rotatable bonds is 9. The standard InChI is InChI=1S/C23H30FN3O3/c1-15(2)13-29-23-21(24)22(25-14-26-23)27-10-9-20(12-27)30-19-7-5-18(6-8-19)16(3)11-17(4)28/h5-8,14-16,20H,9-13H2,1-4H3/t16-,20-/m1/s1. The molecule has 2 aromatic rings. The topological polar surface area (TPSA) is 64.5 Å². The minimum Gasteiger partial charge on any atom is -0.489 e. The van der Waals surface area contributed by atoms with Crippen LogP contribution in [0.1, 0.15) is 52.0 Å². The van der Waals surface area contributed by atoms with Crippen LogP contribution in [-0.2, 0) is 4.79 Å². The van der Waals surface area contributed by atoms with E-state index in [0.717, 1.165) is 17.7 Å². The Bertz CT molecular complexity index is 857. The molecule has 0 aliphatic carbocycles. The van der Waals surface area contributed by atoms with Crippen molar-refractivity contribution in [2.75, 3.05) is 24.6 Å². The molecule has 3 rings (SSSR count). The van der Waals surface area contributed by atoms with Gasteiger partial charge in [-0.25, -0.2) is 4.98 Å². The third kappa shape index (κ3) is 5.68. The third-order valence-corrected chi connectivity index (χ3v) is 5.08. The molecule has 1 fully saturated rings. The Morgan fingerprint density at radius 2 is 1.97 bits per heavy atom. The molecule has 0 spiro atoms. The molecule has 2 atom stereocenters. The maximum atomic E-state index is 14.8. The SMILES string of the molecule is CC(=O)C[C@@H](C)c1ccc(O[C@@H]2CCN(c3ncnc(OCC(C)C)c3F)C2)cc1. The molecule has 162 valence electrons. The van der Waals surface area contributed by atoms with E-state index in [-0.39, 0.29) is 35.4 Å². The summed E-state index contributed by atoms with van der Waals surface area (Å²) in [6.45, 7) is 9.25. The van der Waals surface area contributed by atoms with Crippen LogP contribution < -0.4 is 14.4 Å². The highest BCUT2D eigenvalue weighted by Gasteiger charge is 2.28. The van der Waals surface area contributed by atoms with E-state index in [1.54, 1.807) is 6.92 Å². The Morgan fingerprint density at radius 3 is 2.63 bits per heavy atom. The van der Waals surface area contributed by atoms with E-state index in [0.29, 0.717) is 26.1 Å². The molecule has 1 aliphatic heterocycles. The summed E-state index contributed by atoms with van der Waals surface area (Å²) in [5.74, 6) is 1.14. The first-order valence-corrected chi connectivity index (χ1v) is 10.5. The zero-order valence-corrected chi connectivity index (χ0v) is 18.1. The number of hydrogen-bond donors (Lipinski definition) is 0. The van der Waals surface area contributed by atoms with E-state index in [2.05, 4.69) is 9.97 Å². The van der Waals surface area contributed by atoms with Gasteiger partial charge in [0, 0.05) is 19.4 Å². The number of aromatic nitrogens is 2. The molecule has 1 aromatic heterocycles. The summed E-state index contributed by atoms with van der Waals surface area (Å²) in [7, 11) is 0. The van der Waals surface area contributed by atoms with Gasteiger partial charge in [0.25, 0.3) is 5.88 Å². The second-order valence-corrected chi connectivity index (χ2v) is 8.37. The number of anilines is 1. The number of benzene rings is 1. The molecular weight excluding hydrogens is 385 g/mol. The molecule has 0 radical (unpaired) electrons. The zero-order chi connectivity index (χ0) is 21.7. The van der Waals surface area contributed by atoms with Crippen molar-refractivity contribution in [2.24, 2.45) is 5.92 Å². The molecule has 1 aromatic carbocycles. The van der Waals surface area contributed by atoms with Crippen LogP contribution in [0.4, 0.5) is 10.2 Å². The number of carbonyl (C=O) groups excluding carboxylic acids is 1. The van der Waals surface area contributed by atoms with E-state index in [1.807, 2.05) is 49.9 Å². The molecule has 0 bridgehead atoms. The first-order valence-electron chi connectivity index (χ1n) is 10.5. The van der Waals surface area contributed by atoms with E-state index >= 15 is 0 Å². The quantitative estimate of drug-likeness (QED) is 0.605. The van der Waals surface area contributed by atoms with Crippen molar-refractivity contribution in [3.63, 3.8) is 0 Å². The van der Waals surface area contributed by atoms with Gasteiger partial charge in [0.2, 0.25) is 5.82 Å². The Morgan fingerprint density at radius 1 is 1.23 bits per heavy atom. The minimum absolute atomic E-state index is 0.00617. The van der Waals surface area contributed by atoms with Crippen molar-refractivity contribution in [3.05, 3.63) is 42.0 Å². The van der Waals surface area contributed by atoms with Crippen LogP contribution in [0.2, 0.25) is 0 Å². The van der Waals surface area contributed by atoms with Crippen molar-refractivity contribution < 1.29 is 18.7 Å². The monoisotopic (exact) mass is 415 g/mol. The summed E-state index contributed by atoms with van der Waals surface area (Å²) in [5, 5.41) is 0. The first kappa shape index (κ1) is 22.0. The van der Waals surface area contributed by atoms with E-state index in [4.69, 9.17) is 9.47 Å². The van der Waals surface area contributed by atoms with Crippen molar-refractivity contribution in [1.29, 1.82) is 0 Å². The second-order valence-electron chi connectivity index (χ2n) is 8.37. The lowest BCUT2D eigenvalue weighted by molar-refractivity contribution is -0.117. The number of halogens is 1. The summed E-state index contributed by atoms with van der Waals surface area (Å²) in [4.78, 5) is 21.2. The van der Waals surface area contributed by atoms with Crippen LogP contribution >= 0.6 is 0 Å². The smallest absolute Gasteiger partial charge is 0.255 e. The summed E-state index contributed by atoms with van der Waals surface area (Å²) in [5.41, 5.74) is 1.11. The Hall–Kier alpha value is -2.70. The van der Waals surface area contributed by atoms with Crippen molar-refractivity contribution >= 4 is 11.6 Å².